The molecule has 2 heterocycles. The minimum absolute atomic E-state index is 0.159. The molecule has 0 aliphatic rings. The van der Waals surface area contributed by atoms with Crippen molar-refractivity contribution in [3.8, 4) is 6.01 Å². The van der Waals surface area contributed by atoms with Gasteiger partial charge in [0.1, 0.15) is 5.69 Å². The highest BCUT2D eigenvalue weighted by Crippen LogP contribution is 2.13. The number of para-hydroxylation sites is 1. The predicted molar refractivity (Wildman–Crippen MR) is 72.6 cm³/mol. The molecule has 1 aromatic carbocycles. The highest BCUT2D eigenvalue weighted by molar-refractivity contribution is 6.03. The van der Waals surface area contributed by atoms with Crippen molar-refractivity contribution in [3.05, 3.63) is 42.1 Å². The number of nitrogens with zero attached hydrogens (tertiary/aromatic N) is 3. The molecule has 0 fully saturated rings. The lowest BCUT2D eigenvalue weighted by molar-refractivity contribution is 0.102. The molecular formula is C13H11N5O2. The van der Waals surface area contributed by atoms with Crippen LogP contribution < -0.4 is 10.1 Å². The maximum absolute atomic E-state index is 12.1. The third kappa shape index (κ3) is 2.28. The number of amides is 1. The molecule has 0 aliphatic carbocycles. The normalized spacial score (nSPS) is 10.4. The van der Waals surface area contributed by atoms with Crippen LogP contribution in [0.3, 0.4) is 0 Å². The summed E-state index contributed by atoms with van der Waals surface area (Å²) in [6, 6.07) is 11.2. The topological polar surface area (TPSA) is 92.8 Å². The van der Waals surface area contributed by atoms with Crippen LogP contribution in [-0.4, -0.2) is 33.2 Å². The van der Waals surface area contributed by atoms with Crippen molar-refractivity contribution in [2.24, 2.45) is 0 Å². The fraction of sp³-hybridized carbons (Fsp3) is 0.0769. The van der Waals surface area contributed by atoms with Crippen molar-refractivity contribution < 1.29 is 9.53 Å². The zero-order valence-electron chi connectivity index (χ0n) is 10.6. The first kappa shape index (κ1) is 12.1. The third-order valence-corrected chi connectivity index (χ3v) is 2.71. The summed E-state index contributed by atoms with van der Waals surface area (Å²) in [5, 5.41) is 9.83. The van der Waals surface area contributed by atoms with E-state index in [4.69, 9.17) is 4.74 Å². The minimum Gasteiger partial charge on any atom is -0.466 e. The van der Waals surface area contributed by atoms with Gasteiger partial charge in [0.2, 0.25) is 5.95 Å². The van der Waals surface area contributed by atoms with Crippen LogP contribution in [0.4, 0.5) is 5.95 Å². The molecule has 0 radical (unpaired) electrons. The number of pyridine rings is 1. The number of aromatic amines is 1. The summed E-state index contributed by atoms with van der Waals surface area (Å²) in [5.74, 6) is -0.156. The van der Waals surface area contributed by atoms with E-state index in [1.165, 1.54) is 7.11 Å². The van der Waals surface area contributed by atoms with Gasteiger partial charge in [-0.05, 0) is 12.1 Å². The average Bonchev–Trinajstić information content (AvgIpc) is 2.94. The van der Waals surface area contributed by atoms with Crippen molar-refractivity contribution >= 4 is 22.8 Å². The molecule has 20 heavy (non-hydrogen) atoms. The van der Waals surface area contributed by atoms with Gasteiger partial charge in [0.15, 0.2) is 0 Å². The molecule has 0 spiro atoms. The van der Waals surface area contributed by atoms with Crippen molar-refractivity contribution in [1.29, 1.82) is 0 Å². The maximum Gasteiger partial charge on any atom is 0.336 e. The second-order valence-corrected chi connectivity index (χ2v) is 4.01. The Morgan fingerprint density at radius 3 is 2.85 bits per heavy atom. The molecule has 0 saturated carbocycles. The summed E-state index contributed by atoms with van der Waals surface area (Å²) in [6.07, 6.45) is 0. The summed E-state index contributed by atoms with van der Waals surface area (Å²) < 4.78 is 4.82. The molecule has 0 unspecified atom stereocenters. The highest BCUT2D eigenvalue weighted by atomic mass is 16.5. The summed E-state index contributed by atoms with van der Waals surface area (Å²) in [7, 11) is 1.44. The first-order valence-electron chi connectivity index (χ1n) is 5.90. The first-order valence-corrected chi connectivity index (χ1v) is 5.90. The van der Waals surface area contributed by atoms with Crippen molar-refractivity contribution in [3.63, 3.8) is 0 Å². The summed E-state index contributed by atoms with van der Waals surface area (Å²) in [4.78, 5) is 20.3. The smallest absolute Gasteiger partial charge is 0.336 e. The lowest BCUT2D eigenvalue weighted by Crippen LogP contribution is -2.14. The molecule has 0 saturated heterocycles. The molecule has 7 heteroatoms. The Balaban J connectivity index is 1.84. The van der Waals surface area contributed by atoms with E-state index in [1.807, 2.05) is 30.3 Å². The number of ether oxygens (including phenoxy) is 1. The zero-order valence-corrected chi connectivity index (χ0v) is 10.6. The fourth-order valence-electron chi connectivity index (χ4n) is 1.76. The van der Waals surface area contributed by atoms with Gasteiger partial charge in [-0.2, -0.15) is 4.98 Å². The number of fused-ring (bicyclic) bond motifs is 1. The van der Waals surface area contributed by atoms with Crippen LogP contribution in [0.1, 0.15) is 10.5 Å². The number of nitrogens with one attached hydrogen (secondary N) is 2. The lowest BCUT2D eigenvalue weighted by atomic mass is 10.2. The maximum atomic E-state index is 12.1. The SMILES string of the molecule is COc1n[nH]c(NC(=O)c2ccc3ccccc3n2)n1. The van der Waals surface area contributed by atoms with Gasteiger partial charge in [0, 0.05) is 5.39 Å². The van der Waals surface area contributed by atoms with Gasteiger partial charge in [-0.1, -0.05) is 24.3 Å². The fourth-order valence-corrected chi connectivity index (χ4v) is 1.76. The molecule has 3 rings (SSSR count). The monoisotopic (exact) mass is 269 g/mol. The molecule has 2 N–H and O–H groups in total. The quantitative estimate of drug-likeness (QED) is 0.753. The van der Waals surface area contributed by atoms with Crippen LogP contribution in [0, 0.1) is 0 Å². The van der Waals surface area contributed by atoms with E-state index in [-0.39, 0.29) is 17.9 Å². The molecule has 0 bridgehead atoms. The Kier molecular flexibility index (Phi) is 3.00. The molecule has 7 nitrogen and oxygen atoms in total. The molecular weight excluding hydrogens is 258 g/mol. The van der Waals surface area contributed by atoms with E-state index in [0.29, 0.717) is 5.69 Å². The van der Waals surface area contributed by atoms with Gasteiger partial charge in [0.05, 0.1) is 12.6 Å². The molecule has 0 aliphatic heterocycles. The van der Waals surface area contributed by atoms with E-state index in [1.54, 1.807) is 6.07 Å². The Labute approximate surface area is 114 Å². The van der Waals surface area contributed by atoms with E-state index in [2.05, 4.69) is 25.5 Å². The second-order valence-electron chi connectivity index (χ2n) is 4.01. The van der Waals surface area contributed by atoms with E-state index in [0.717, 1.165) is 10.9 Å². The number of anilines is 1. The van der Waals surface area contributed by atoms with E-state index < -0.39 is 0 Å². The van der Waals surface area contributed by atoms with Crippen LogP contribution in [0.5, 0.6) is 6.01 Å². The van der Waals surface area contributed by atoms with Crippen LogP contribution >= 0.6 is 0 Å². The predicted octanol–water partition coefficient (Wildman–Crippen LogP) is 1.61. The van der Waals surface area contributed by atoms with Crippen molar-refractivity contribution in [2.45, 2.75) is 0 Å². The van der Waals surface area contributed by atoms with Gasteiger partial charge in [-0.25, -0.2) is 10.1 Å². The van der Waals surface area contributed by atoms with E-state index in [9.17, 15) is 4.79 Å². The number of rotatable bonds is 3. The Hall–Kier alpha value is -2.96. The van der Waals surface area contributed by atoms with Crippen molar-refractivity contribution in [1.82, 2.24) is 20.2 Å². The number of aromatic nitrogens is 4. The molecule has 1 amide bonds. The molecule has 2 aromatic heterocycles. The van der Waals surface area contributed by atoms with Gasteiger partial charge in [0.25, 0.3) is 5.91 Å². The Morgan fingerprint density at radius 2 is 2.05 bits per heavy atom. The first-order chi connectivity index (χ1) is 9.76. The van der Waals surface area contributed by atoms with Crippen molar-refractivity contribution in [2.75, 3.05) is 12.4 Å². The van der Waals surface area contributed by atoms with Gasteiger partial charge in [-0.3, -0.25) is 10.1 Å². The zero-order chi connectivity index (χ0) is 13.9. The summed E-state index contributed by atoms with van der Waals surface area (Å²) in [5.41, 5.74) is 1.06. The van der Waals surface area contributed by atoms with Crippen LogP contribution in [-0.2, 0) is 0 Å². The molecule has 0 atom stereocenters. The third-order valence-electron chi connectivity index (χ3n) is 2.71. The molecule has 3 aromatic rings. The number of hydrogen-bond donors (Lipinski definition) is 2. The summed E-state index contributed by atoms with van der Waals surface area (Å²) in [6.45, 7) is 0. The van der Waals surface area contributed by atoms with Crippen LogP contribution in [0.25, 0.3) is 10.9 Å². The largest absolute Gasteiger partial charge is 0.466 e. The highest BCUT2D eigenvalue weighted by Gasteiger charge is 2.11. The lowest BCUT2D eigenvalue weighted by Gasteiger charge is -2.02. The molecule has 100 valence electrons. The standard InChI is InChI=1S/C13H11N5O2/c1-20-13-16-12(17-18-13)15-11(19)10-7-6-8-4-2-3-5-9(8)14-10/h2-7H,1H3,(H2,15,16,17,18,19). The van der Waals surface area contributed by atoms with Gasteiger partial charge >= 0.3 is 6.01 Å². The Bertz CT molecular complexity index is 768. The van der Waals surface area contributed by atoms with E-state index >= 15 is 0 Å². The number of carbonyl (C=O) groups is 1. The van der Waals surface area contributed by atoms with Crippen LogP contribution in [0.15, 0.2) is 36.4 Å². The summed E-state index contributed by atoms with van der Waals surface area (Å²) >= 11 is 0. The van der Waals surface area contributed by atoms with Crippen LogP contribution in [0.2, 0.25) is 0 Å². The van der Waals surface area contributed by atoms with Gasteiger partial charge < -0.3 is 4.74 Å². The second kappa shape index (κ2) is 4.96. The Morgan fingerprint density at radius 1 is 1.20 bits per heavy atom. The number of carbonyl (C=O) groups excluding carboxylic acids is 1. The number of benzene rings is 1. The number of methoxy groups -OCH3 is 1. The van der Waals surface area contributed by atoms with Gasteiger partial charge in [-0.15, -0.1) is 5.10 Å². The number of hydrogen-bond acceptors (Lipinski definition) is 5. The number of H-pyrrole nitrogens is 1. The minimum atomic E-state index is -0.366. The average molecular weight is 269 g/mol.